The van der Waals surface area contributed by atoms with Gasteiger partial charge >= 0.3 is 12.0 Å². The van der Waals surface area contributed by atoms with Crippen LogP contribution >= 0.6 is 11.3 Å². The van der Waals surface area contributed by atoms with Gasteiger partial charge in [-0.15, -0.1) is 11.3 Å². The zero-order valence-corrected chi connectivity index (χ0v) is 12.4. The fourth-order valence-corrected chi connectivity index (χ4v) is 2.32. The monoisotopic (exact) mass is 309 g/mol. The predicted octanol–water partition coefficient (Wildman–Crippen LogP) is 2.08. The minimum Gasteiger partial charge on any atom is -0.478 e. The van der Waals surface area contributed by atoms with Crippen molar-refractivity contribution in [2.45, 2.75) is 20.0 Å². The number of rotatable bonds is 5. The number of urea groups is 1. The van der Waals surface area contributed by atoms with Gasteiger partial charge in [0.15, 0.2) is 0 Å². The Kier molecular flexibility index (Phi) is 4.59. The number of carbonyl (C=O) groups is 2. The van der Waals surface area contributed by atoms with Crippen LogP contribution < -0.4 is 5.32 Å². The quantitative estimate of drug-likeness (QED) is 0.881. The molecule has 2 amide bonds. The number of hydrogen-bond donors (Lipinski definition) is 2. The van der Waals surface area contributed by atoms with Gasteiger partial charge in [0.25, 0.3) is 0 Å². The molecule has 0 atom stereocenters. The van der Waals surface area contributed by atoms with Crippen molar-refractivity contribution in [1.82, 2.24) is 15.2 Å². The summed E-state index contributed by atoms with van der Waals surface area (Å²) >= 11 is 1.47. The minimum absolute atomic E-state index is 0.107. The average Bonchev–Trinajstić information content (AvgIpc) is 3.05. The third kappa shape index (κ3) is 3.82. The zero-order valence-electron chi connectivity index (χ0n) is 11.6. The van der Waals surface area contributed by atoms with Crippen LogP contribution in [0.3, 0.4) is 0 Å². The van der Waals surface area contributed by atoms with E-state index in [1.807, 2.05) is 5.38 Å². The summed E-state index contributed by atoms with van der Waals surface area (Å²) in [6, 6.07) is 1.13. The minimum atomic E-state index is -1.05. The molecule has 2 aromatic rings. The third-order valence-corrected chi connectivity index (χ3v) is 3.48. The second-order valence-corrected chi connectivity index (χ2v) is 5.20. The second-order valence-electron chi connectivity index (χ2n) is 4.48. The van der Waals surface area contributed by atoms with E-state index in [2.05, 4.69) is 10.3 Å². The summed E-state index contributed by atoms with van der Waals surface area (Å²) in [5.74, 6) is -0.322. The number of carboxylic acid groups (broad SMARTS) is 1. The topological polar surface area (TPSA) is 95.7 Å². The van der Waals surface area contributed by atoms with E-state index in [0.29, 0.717) is 18.1 Å². The third-order valence-electron chi connectivity index (χ3n) is 2.84. The molecule has 0 aromatic carbocycles. The zero-order chi connectivity index (χ0) is 15.4. The second kappa shape index (κ2) is 6.40. The molecule has 2 aromatic heterocycles. The summed E-state index contributed by atoms with van der Waals surface area (Å²) in [7, 11) is 1.66. The lowest BCUT2D eigenvalue weighted by molar-refractivity contribution is 0.0695. The van der Waals surface area contributed by atoms with E-state index in [0.717, 1.165) is 5.69 Å². The number of carbonyl (C=O) groups excluding carboxylic acids is 1. The highest BCUT2D eigenvalue weighted by atomic mass is 32.1. The molecule has 2 N–H and O–H groups in total. The molecular formula is C13H15N3O4S. The van der Waals surface area contributed by atoms with Gasteiger partial charge in [-0.2, -0.15) is 0 Å². The van der Waals surface area contributed by atoms with E-state index in [1.165, 1.54) is 22.3 Å². The van der Waals surface area contributed by atoms with Crippen LogP contribution in [0.15, 0.2) is 21.4 Å². The molecule has 2 heterocycles. The Labute approximate surface area is 125 Å². The summed E-state index contributed by atoms with van der Waals surface area (Å²) in [6.45, 7) is 2.12. The molecule has 0 saturated carbocycles. The maximum absolute atomic E-state index is 11.9. The smallest absolute Gasteiger partial charge is 0.339 e. The molecule has 0 aliphatic rings. The van der Waals surface area contributed by atoms with Crippen LogP contribution in [0, 0.1) is 6.92 Å². The molecule has 0 aliphatic carbocycles. The molecule has 7 nitrogen and oxygen atoms in total. The molecule has 0 unspecified atom stereocenters. The van der Waals surface area contributed by atoms with Gasteiger partial charge in [0.2, 0.25) is 0 Å². The number of thiazole rings is 1. The molecule has 0 bridgehead atoms. The van der Waals surface area contributed by atoms with Gasteiger partial charge in [-0.1, -0.05) is 0 Å². The molecule has 21 heavy (non-hydrogen) atoms. The molecule has 2 rings (SSSR count). The maximum Gasteiger partial charge on any atom is 0.339 e. The SMILES string of the molecule is Cc1oc(CNC(=O)N(C)Cc2cscn2)cc1C(=O)O. The van der Waals surface area contributed by atoms with Gasteiger partial charge < -0.3 is 19.7 Å². The number of aryl methyl sites for hydroxylation is 1. The number of carboxylic acids is 1. The van der Waals surface area contributed by atoms with Crippen LogP contribution in [-0.4, -0.2) is 34.0 Å². The highest BCUT2D eigenvalue weighted by Crippen LogP contribution is 2.14. The van der Waals surface area contributed by atoms with Crippen LogP contribution in [-0.2, 0) is 13.1 Å². The number of amides is 2. The number of nitrogens with zero attached hydrogens (tertiary/aromatic N) is 2. The summed E-state index contributed by atoms with van der Waals surface area (Å²) in [6.07, 6.45) is 0. The van der Waals surface area contributed by atoms with Crippen LogP contribution in [0.1, 0.15) is 27.6 Å². The lowest BCUT2D eigenvalue weighted by Crippen LogP contribution is -2.36. The summed E-state index contributed by atoms with van der Waals surface area (Å²) < 4.78 is 5.29. The van der Waals surface area contributed by atoms with E-state index in [1.54, 1.807) is 19.5 Å². The van der Waals surface area contributed by atoms with Crippen molar-refractivity contribution in [2.24, 2.45) is 0 Å². The Morgan fingerprint density at radius 1 is 1.52 bits per heavy atom. The van der Waals surface area contributed by atoms with Gasteiger partial charge in [0.1, 0.15) is 17.1 Å². The van der Waals surface area contributed by atoms with Crippen molar-refractivity contribution in [1.29, 1.82) is 0 Å². The number of aromatic carboxylic acids is 1. The molecule has 112 valence electrons. The summed E-state index contributed by atoms with van der Waals surface area (Å²) in [5.41, 5.74) is 2.63. The van der Waals surface area contributed by atoms with Crippen molar-refractivity contribution in [3.05, 3.63) is 39.7 Å². The molecule has 0 saturated heterocycles. The Morgan fingerprint density at radius 3 is 2.86 bits per heavy atom. The molecular weight excluding hydrogens is 294 g/mol. The Bertz CT molecular complexity index is 636. The standard InChI is InChI=1S/C13H15N3O4S/c1-8-11(12(17)18)3-10(20-8)4-14-13(19)16(2)5-9-6-21-7-15-9/h3,6-7H,4-5H2,1-2H3,(H,14,19)(H,17,18). The lowest BCUT2D eigenvalue weighted by atomic mass is 10.2. The van der Waals surface area contributed by atoms with Gasteiger partial charge in [-0.05, 0) is 13.0 Å². The van der Waals surface area contributed by atoms with Crippen molar-refractivity contribution >= 4 is 23.3 Å². The van der Waals surface area contributed by atoms with Crippen LogP contribution in [0.2, 0.25) is 0 Å². The summed E-state index contributed by atoms with van der Waals surface area (Å²) in [4.78, 5) is 28.4. The molecule has 0 fully saturated rings. The highest BCUT2D eigenvalue weighted by Gasteiger charge is 2.15. The Balaban J connectivity index is 1.88. The molecule has 8 heteroatoms. The van der Waals surface area contributed by atoms with Crippen LogP contribution in [0.4, 0.5) is 4.79 Å². The van der Waals surface area contributed by atoms with E-state index >= 15 is 0 Å². The first-order valence-corrected chi connectivity index (χ1v) is 7.10. The highest BCUT2D eigenvalue weighted by molar-refractivity contribution is 7.07. The first-order valence-electron chi connectivity index (χ1n) is 6.16. The van der Waals surface area contributed by atoms with Crippen molar-refractivity contribution in [3.8, 4) is 0 Å². The van der Waals surface area contributed by atoms with Crippen LogP contribution in [0.25, 0.3) is 0 Å². The van der Waals surface area contributed by atoms with Crippen molar-refractivity contribution in [2.75, 3.05) is 7.05 Å². The Hall–Kier alpha value is -2.35. The number of nitrogens with one attached hydrogen (secondary N) is 1. The normalized spacial score (nSPS) is 10.4. The number of hydrogen-bond acceptors (Lipinski definition) is 5. The van der Waals surface area contributed by atoms with Gasteiger partial charge in [0.05, 0.1) is 24.3 Å². The lowest BCUT2D eigenvalue weighted by Gasteiger charge is -2.16. The predicted molar refractivity (Wildman–Crippen MR) is 76.2 cm³/mol. The largest absolute Gasteiger partial charge is 0.478 e. The number of furan rings is 1. The average molecular weight is 309 g/mol. The maximum atomic E-state index is 11.9. The Morgan fingerprint density at radius 2 is 2.29 bits per heavy atom. The van der Waals surface area contributed by atoms with Gasteiger partial charge in [-0.25, -0.2) is 14.6 Å². The first-order chi connectivity index (χ1) is 9.97. The van der Waals surface area contributed by atoms with Crippen molar-refractivity contribution in [3.63, 3.8) is 0 Å². The summed E-state index contributed by atoms with van der Waals surface area (Å²) in [5, 5.41) is 13.5. The van der Waals surface area contributed by atoms with E-state index < -0.39 is 5.97 Å². The molecule has 0 spiro atoms. The van der Waals surface area contributed by atoms with E-state index in [-0.39, 0.29) is 18.1 Å². The van der Waals surface area contributed by atoms with Gasteiger partial charge in [-0.3, -0.25) is 0 Å². The van der Waals surface area contributed by atoms with E-state index in [4.69, 9.17) is 9.52 Å². The van der Waals surface area contributed by atoms with Gasteiger partial charge in [0, 0.05) is 12.4 Å². The fraction of sp³-hybridized carbons (Fsp3) is 0.308. The van der Waals surface area contributed by atoms with Crippen molar-refractivity contribution < 1.29 is 19.1 Å². The fourth-order valence-electron chi connectivity index (χ4n) is 1.77. The number of aromatic nitrogens is 1. The first kappa shape index (κ1) is 15.0. The molecule has 0 aliphatic heterocycles. The van der Waals surface area contributed by atoms with Crippen LogP contribution in [0.5, 0.6) is 0 Å². The van der Waals surface area contributed by atoms with E-state index in [9.17, 15) is 9.59 Å². The molecule has 0 radical (unpaired) electrons.